The highest BCUT2D eigenvalue weighted by molar-refractivity contribution is 5.97. The van der Waals surface area contributed by atoms with Gasteiger partial charge in [0, 0.05) is 17.8 Å². The lowest BCUT2D eigenvalue weighted by atomic mass is 10.1. The standard InChI is InChI=1S/C15H14N4O6/c1-2-9-5-3-4-6-11(9)16-14-12(18(22)23)7-10(15(20)17-21)8-13(14)19(24)25/h3-8,16,21H,2H2,1H3,(H,17,20). The molecule has 0 atom stereocenters. The lowest BCUT2D eigenvalue weighted by Gasteiger charge is -2.12. The van der Waals surface area contributed by atoms with E-state index in [4.69, 9.17) is 5.21 Å². The predicted octanol–water partition coefficient (Wildman–Crippen LogP) is 2.93. The molecule has 2 aromatic carbocycles. The Kier molecular flexibility index (Phi) is 5.25. The molecular formula is C15H14N4O6. The summed E-state index contributed by atoms with van der Waals surface area (Å²) in [4.78, 5) is 32.5. The number of anilines is 2. The van der Waals surface area contributed by atoms with Crippen molar-refractivity contribution in [2.45, 2.75) is 13.3 Å². The Morgan fingerprint density at radius 1 is 1.12 bits per heavy atom. The maximum absolute atomic E-state index is 11.5. The van der Waals surface area contributed by atoms with Crippen LogP contribution in [0.4, 0.5) is 22.7 Å². The highest BCUT2D eigenvalue weighted by Crippen LogP contribution is 2.38. The Morgan fingerprint density at radius 3 is 2.16 bits per heavy atom. The van der Waals surface area contributed by atoms with Gasteiger partial charge in [0.2, 0.25) is 0 Å². The molecule has 0 aromatic heterocycles. The van der Waals surface area contributed by atoms with E-state index >= 15 is 0 Å². The summed E-state index contributed by atoms with van der Waals surface area (Å²) in [6.07, 6.45) is 0.607. The number of hydroxylamine groups is 1. The zero-order valence-corrected chi connectivity index (χ0v) is 13.1. The van der Waals surface area contributed by atoms with Crippen molar-refractivity contribution in [1.82, 2.24) is 5.48 Å². The number of para-hydroxylation sites is 1. The molecule has 2 rings (SSSR count). The Hall–Kier alpha value is -3.53. The van der Waals surface area contributed by atoms with Crippen LogP contribution in [0.1, 0.15) is 22.8 Å². The summed E-state index contributed by atoms with van der Waals surface area (Å²) >= 11 is 0. The third-order valence-electron chi connectivity index (χ3n) is 3.51. The minimum absolute atomic E-state index is 0.342. The van der Waals surface area contributed by atoms with Gasteiger partial charge in [-0.15, -0.1) is 0 Å². The fourth-order valence-electron chi connectivity index (χ4n) is 2.31. The van der Waals surface area contributed by atoms with E-state index in [2.05, 4.69) is 5.32 Å². The van der Waals surface area contributed by atoms with Gasteiger partial charge in [-0.3, -0.25) is 30.2 Å². The number of aryl methyl sites for hydroxylation is 1. The molecule has 10 heteroatoms. The van der Waals surface area contributed by atoms with Crippen LogP contribution in [0.3, 0.4) is 0 Å². The fourth-order valence-corrected chi connectivity index (χ4v) is 2.31. The lowest BCUT2D eigenvalue weighted by molar-refractivity contribution is -0.392. The number of nitrogens with zero attached hydrogens (tertiary/aromatic N) is 2. The molecule has 0 saturated carbocycles. The van der Waals surface area contributed by atoms with Crippen LogP contribution in [0.15, 0.2) is 36.4 Å². The van der Waals surface area contributed by atoms with Gasteiger partial charge in [0.25, 0.3) is 5.91 Å². The highest BCUT2D eigenvalue weighted by Gasteiger charge is 2.29. The first-order chi connectivity index (χ1) is 11.9. The summed E-state index contributed by atoms with van der Waals surface area (Å²) in [5, 5.41) is 34.1. The largest absolute Gasteiger partial charge is 0.344 e. The van der Waals surface area contributed by atoms with Crippen LogP contribution in [-0.4, -0.2) is 21.0 Å². The van der Waals surface area contributed by atoms with Crippen LogP contribution in [0, 0.1) is 20.2 Å². The first kappa shape index (κ1) is 17.8. The molecule has 0 fully saturated rings. The molecule has 0 heterocycles. The van der Waals surface area contributed by atoms with Gasteiger partial charge in [-0.1, -0.05) is 25.1 Å². The van der Waals surface area contributed by atoms with E-state index in [1.165, 1.54) is 5.48 Å². The summed E-state index contributed by atoms with van der Waals surface area (Å²) in [5.74, 6) is -1.09. The van der Waals surface area contributed by atoms with Gasteiger partial charge in [0.05, 0.1) is 15.4 Å². The molecule has 0 saturated heterocycles. The van der Waals surface area contributed by atoms with Crippen LogP contribution >= 0.6 is 0 Å². The first-order valence-corrected chi connectivity index (χ1v) is 7.15. The second kappa shape index (κ2) is 7.36. The highest BCUT2D eigenvalue weighted by atomic mass is 16.6. The number of hydrogen-bond donors (Lipinski definition) is 3. The number of amides is 1. The van der Waals surface area contributed by atoms with Crippen molar-refractivity contribution < 1.29 is 19.8 Å². The number of nitrogens with one attached hydrogen (secondary N) is 2. The predicted molar refractivity (Wildman–Crippen MR) is 88.1 cm³/mol. The molecule has 130 valence electrons. The second-order valence-corrected chi connectivity index (χ2v) is 4.98. The molecule has 3 N–H and O–H groups in total. The SMILES string of the molecule is CCc1ccccc1Nc1c([N+](=O)[O-])cc(C(=O)NO)cc1[N+](=O)[O-]. The number of benzene rings is 2. The van der Waals surface area contributed by atoms with E-state index < -0.39 is 32.7 Å². The molecule has 0 unspecified atom stereocenters. The van der Waals surface area contributed by atoms with Crippen molar-refractivity contribution in [3.05, 3.63) is 67.8 Å². The van der Waals surface area contributed by atoms with Gasteiger partial charge in [-0.2, -0.15) is 0 Å². The molecule has 0 aliphatic rings. The van der Waals surface area contributed by atoms with Crippen LogP contribution in [0.5, 0.6) is 0 Å². The van der Waals surface area contributed by atoms with Gasteiger partial charge in [0.15, 0.2) is 5.69 Å². The average Bonchev–Trinajstić information content (AvgIpc) is 2.61. The van der Waals surface area contributed by atoms with Crippen LogP contribution in [0.2, 0.25) is 0 Å². The topological polar surface area (TPSA) is 148 Å². The minimum atomic E-state index is -1.09. The van der Waals surface area contributed by atoms with Crippen LogP contribution in [0.25, 0.3) is 0 Å². The van der Waals surface area contributed by atoms with E-state index in [1.807, 2.05) is 6.92 Å². The van der Waals surface area contributed by atoms with E-state index in [1.54, 1.807) is 24.3 Å². The van der Waals surface area contributed by atoms with Crippen molar-refractivity contribution >= 4 is 28.7 Å². The number of rotatable bonds is 6. The molecule has 25 heavy (non-hydrogen) atoms. The molecule has 0 radical (unpaired) electrons. The summed E-state index contributed by atoms with van der Waals surface area (Å²) in [5.41, 5.74) is 0.530. The molecule has 1 amide bonds. The van der Waals surface area contributed by atoms with E-state index in [0.29, 0.717) is 12.1 Å². The average molecular weight is 346 g/mol. The lowest BCUT2D eigenvalue weighted by Crippen LogP contribution is -2.19. The molecule has 0 aliphatic heterocycles. The number of carbonyl (C=O) groups excluding carboxylic acids is 1. The maximum atomic E-state index is 11.5. The number of carbonyl (C=O) groups is 1. The van der Waals surface area contributed by atoms with Crippen molar-refractivity contribution in [1.29, 1.82) is 0 Å². The Labute approximate surface area is 141 Å². The summed E-state index contributed by atoms with van der Waals surface area (Å²) in [6, 6.07) is 8.60. The zero-order valence-electron chi connectivity index (χ0n) is 13.1. The zero-order chi connectivity index (χ0) is 18.6. The Morgan fingerprint density at radius 2 is 1.68 bits per heavy atom. The summed E-state index contributed by atoms with van der Waals surface area (Å²) < 4.78 is 0. The Balaban J connectivity index is 2.68. The normalized spacial score (nSPS) is 10.2. The van der Waals surface area contributed by atoms with E-state index in [-0.39, 0.29) is 5.69 Å². The van der Waals surface area contributed by atoms with Gasteiger partial charge in [-0.05, 0) is 18.1 Å². The van der Waals surface area contributed by atoms with E-state index in [0.717, 1.165) is 17.7 Å². The molecule has 10 nitrogen and oxygen atoms in total. The summed E-state index contributed by atoms with van der Waals surface area (Å²) in [7, 11) is 0. The number of nitro benzene ring substituents is 2. The van der Waals surface area contributed by atoms with Crippen molar-refractivity contribution in [3.63, 3.8) is 0 Å². The molecular weight excluding hydrogens is 332 g/mol. The quantitative estimate of drug-likeness (QED) is 0.413. The van der Waals surface area contributed by atoms with Gasteiger partial charge in [0.1, 0.15) is 0 Å². The second-order valence-electron chi connectivity index (χ2n) is 4.98. The molecule has 0 aliphatic carbocycles. The monoisotopic (exact) mass is 346 g/mol. The summed E-state index contributed by atoms with van der Waals surface area (Å²) in [6.45, 7) is 1.87. The van der Waals surface area contributed by atoms with Crippen LogP contribution < -0.4 is 10.8 Å². The fraction of sp³-hybridized carbons (Fsp3) is 0.133. The van der Waals surface area contributed by atoms with E-state index in [9.17, 15) is 25.0 Å². The van der Waals surface area contributed by atoms with Gasteiger partial charge < -0.3 is 5.32 Å². The van der Waals surface area contributed by atoms with Crippen molar-refractivity contribution in [2.24, 2.45) is 0 Å². The van der Waals surface area contributed by atoms with Gasteiger partial charge >= 0.3 is 11.4 Å². The van der Waals surface area contributed by atoms with Crippen LogP contribution in [-0.2, 0) is 6.42 Å². The number of nitro groups is 2. The van der Waals surface area contributed by atoms with Crippen molar-refractivity contribution in [3.8, 4) is 0 Å². The first-order valence-electron chi connectivity index (χ1n) is 7.15. The molecule has 2 aromatic rings. The minimum Gasteiger partial charge on any atom is -0.344 e. The van der Waals surface area contributed by atoms with Crippen molar-refractivity contribution in [2.75, 3.05) is 5.32 Å². The smallest absolute Gasteiger partial charge is 0.300 e. The third kappa shape index (κ3) is 3.70. The maximum Gasteiger partial charge on any atom is 0.300 e. The molecule has 0 spiro atoms. The third-order valence-corrected chi connectivity index (χ3v) is 3.51. The molecule has 0 bridgehead atoms. The van der Waals surface area contributed by atoms with Gasteiger partial charge in [-0.25, -0.2) is 5.48 Å². The number of hydrogen-bond acceptors (Lipinski definition) is 7. The Bertz CT molecular complexity index is 817.